The van der Waals surface area contributed by atoms with Crippen LogP contribution in [0.5, 0.6) is 0 Å². The van der Waals surface area contributed by atoms with Crippen LogP contribution in [0.4, 0.5) is 16.3 Å². The van der Waals surface area contributed by atoms with E-state index in [0.717, 1.165) is 41.4 Å². The lowest BCUT2D eigenvalue weighted by Gasteiger charge is -2.34. The summed E-state index contributed by atoms with van der Waals surface area (Å²) in [4.78, 5) is 20.8. The van der Waals surface area contributed by atoms with Gasteiger partial charge >= 0.3 is 6.03 Å². The van der Waals surface area contributed by atoms with Crippen LogP contribution in [0.3, 0.4) is 0 Å². The van der Waals surface area contributed by atoms with Crippen molar-refractivity contribution >= 4 is 28.6 Å². The molecular weight excluding hydrogens is 320 g/mol. The van der Waals surface area contributed by atoms with Gasteiger partial charge < -0.3 is 19.5 Å². The minimum atomic E-state index is -0.0996. The number of oxazole rings is 1. The molecule has 3 heterocycles. The Morgan fingerprint density at radius 1 is 1.20 bits per heavy atom. The molecule has 1 fully saturated rings. The van der Waals surface area contributed by atoms with Crippen molar-refractivity contribution in [2.45, 2.75) is 13.8 Å². The predicted octanol–water partition coefficient (Wildman–Crippen LogP) is 2.52. The third-order valence-electron chi connectivity index (χ3n) is 4.33. The summed E-state index contributed by atoms with van der Waals surface area (Å²) in [5.41, 5.74) is 3.22. The van der Waals surface area contributed by atoms with Crippen molar-refractivity contribution in [3.05, 3.63) is 35.9 Å². The second-order valence-electron chi connectivity index (χ2n) is 6.23. The van der Waals surface area contributed by atoms with Crippen LogP contribution >= 0.6 is 0 Å². The number of fused-ring (bicyclic) bond motifs is 1. The van der Waals surface area contributed by atoms with Gasteiger partial charge in [0, 0.05) is 50.6 Å². The first-order valence-corrected chi connectivity index (χ1v) is 8.28. The first kappa shape index (κ1) is 15.5. The largest absolute Gasteiger partial charge is 0.441 e. The molecule has 0 atom stereocenters. The van der Waals surface area contributed by atoms with E-state index in [1.165, 1.54) is 0 Å². The lowest BCUT2D eigenvalue weighted by Crippen LogP contribution is -2.50. The number of aryl methyl sites for hydroxylation is 2. The highest BCUT2D eigenvalue weighted by molar-refractivity contribution is 5.91. The van der Waals surface area contributed by atoms with E-state index < -0.39 is 0 Å². The number of hydrogen-bond donors (Lipinski definition) is 2. The fourth-order valence-corrected chi connectivity index (χ4v) is 3.03. The smallest absolute Gasteiger partial charge is 0.321 e. The molecule has 8 heteroatoms. The molecule has 3 aromatic rings. The SMILES string of the molecule is Cc1cc(N2CCN(C(=O)Nc3ccc4oc(C)nc4c3)CC2)n[nH]1. The highest BCUT2D eigenvalue weighted by Gasteiger charge is 2.22. The minimum absolute atomic E-state index is 0.0996. The average molecular weight is 340 g/mol. The normalized spacial score (nSPS) is 15.0. The van der Waals surface area contributed by atoms with Gasteiger partial charge in [0.1, 0.15) is 5.52 Å². The number of H-pyrrole nitrogens is 1. The molecule has 2 aromatic heterocycles. The van der Waals surface area contributed by atoms with Crippen molar-refractivity contribution in [2.75, 3.05) is 36.4 Å². The molecule has 1 aliphatic heterocycles. The molecule has 0 saturated carbocycles. The molecule has 25 heavy (non-hydrogen) atoms. The second kappa shape index (κ2) is 6.12. The Labute approximate surface area is 144 Å². The molecule has 1 aliphatic rings. The summed E-state index contributed by atoms with van der Waals surface area (Å²) < 4.78 is 5.45. The maximum Gasteiger partial charge on any atom is 0.321 e. The van der Waals surface area contributed by atoms with E-state index in [1.54, 1.807) is 6.92 Å². The van der Waals surface area contributed by atoms with Crippen molar-refractivity contribution in [3.8, 4) is 0 Å². The van der Waals surface area contributed by atoms with Crippen LogP contribution in [0.2, 0.25) is 0 Å². The molecule has 2 N–H and O–H groups in total. The Morgan fingerprint density at radius 2 is 2.00 bits per heavy atom. The van der Waals surface area contributed by atoms with Crippen LogP contribution in [0.25, 0.3) is 11.1 Å². The summed E-state index contributed by atoms with van der Waals surface area (Å²) in [6.45, 7) is 6.62. The van der Waals surface area contributed by atoms with Gasteiger partial charge in [-0.2, -0.15) is 5.10 Å². The summed E-state index contributed by atoms with van der Waals surface area (Å²) in [7, 11) is 0. The van der Waals surface area contributed by atoms with Crippen molar-refractivity contribution in [1.29, 1.82) is 0 Å². The van der Waals surface area contributed by atoms with Crippen LogP contribution in [-0.2, 0) is 0 Å². The van der Waals surface area contributed by atoms with Crippen LogP contribution in [-0.4, -0.2) is 52.3 Å². The molecule has 0 spiro atoms. The van der Waals surface area contributed by atoms with Crippen LogP contribution < -0.4 is 10.2 Å². The fourth-order valence-electron chi connectivity index (χ4n) is 3.03. The quantitative estimate of drug-likeness (QED) is 0.748. The maximum absolute atomic E-state index is 12.5. The third kappa shape index (κ3) is 3.15. The molecule has 1 aromatic carbocycles. The molecule has 0 radical (unpaired) electrons. The maximum atomic E-state index is 12.5. The van der Waals surface area contributed by atoms with E-state index in [1.807, 2.05) is 36.1 Å². The Kier molecular flexibility index (Phi) is 3.79. The highest BCUT2D eigenvalue weighted by Crippen LogP contribution is 2.20. The minimum Gasteiger partial charge on any atom is -0.441 e. The number of aromatic nitrogens is 3. The number of nitrogens with zero attached hydrogens (tertiary/aromatic N) is 4. The number of amides is 2. The highest BCUT2D eigenvalue weighted by atomic mass is 16.3. The Balaban J connectivity index is 1.38. The molecule has 2 amide bonds. The van der Waals surface area contributed by atoms with Gasteiger partial charge in [-0.05, 0) is 25.1 Å². The van der Waals surface area contributed by atoms with Gasteiger partial charge in [-0.25, -0.2) is 9.78 Å². The van der Waals surface area contributed by atoms with Gasteiger partial charge in [-0.3, -0.25) is 5.10 Å². The van der Waals surface area contributed by atoms with Crippen LogP contribution in [0, 0.1) is 13.8 Å². The molecule has 1 saturated heterocycles. The molecule has 0 unspecified atom stereocenters. The number of carbonyl (C=O) groups is 1. The first-order chi connectivity index (χ1) is 12.1. The number of rotatable bonds is 2. The lowest BCUT2D eigenvalue weighted by atomic mass is 10.3. The van der Waals surface area contributed by atoms with Crippen molar-refractivity contribution in [3.63, 3.8) is 0 Å². The standard InChI is InChI=1S/C17H20N6O2/c1-11-9-16(21-20-11)22-5-7-23(8-6-22)17(24)19-13-3-4-15-14(10-13)18-12(2)25-15/h3-4,9-10H,5-8H2,1-2H3,(H,19,24)(H,20,21). The van der Waals surface area contributed by atoms with Crippen molar-refractivity contribution < 1.29 is 9.21 Å². The Bertz CT molecular complexity index is 907. The third-order valence-corrected chi connectivity index (χ3v) is 4.33. The number of piperazine rings is 1. The van der Waals surface area contributed by atoms with E-state index in [0.29, 0.717) is 19.0 Å². The first-order valence-electron chi connectivity index (χ1n) is 8.28. The number of hydrogen-bond acceptors (Lipinski definition) is 5. The summed E-state index contributed by atoms with van der Waals surface area (Å²) in [5, 5.41) is 10.2. The van der Waals surface area contributed by atoms with Gasteiger partial charge in [-0.15, -0.1) is 0 Å². The second-order valence-corrected chi connectivity index (χ2v) is 6.23. The Morgan fingerprint density at radius 3 is 2.72 bits per heavy atom. The number of nitrogens with one attached hydrogen (secondary N) is 2. The number of urea groups is 1. The van der Waals surface area contributed by atoms with E-state index in [4.69, 9.17) is 4.42 Å². The van der Waals surface area contributed by atoms with Gasteiger partial charge in [-0.1, -0.05) is 0 Å². The van der Waals surface area contributed by atoms with Crippen molar-refractivity contribution in [1.82, 2.24) is 20.1 Å². The van der Waals surface area contributed by atoms with Gasteiger partial charge in [0.25, 0.3) is 0 Å². The predicted molar refractivity (Wildman–Crippen MR) is 94.9 cm³/mol. The van der Waals surface area contributed by atoms with E-state index in [2.05, 4.69) is 25.4 Å². The van der Waals surface area contributed by atoms with Crippen molar-refractivity contribution in [2.24, 2.45) is 0 Å². The van der Waals surface area contributed by atoms with Crippen LogP contribution in [0.15, 0.2) is 28.7 Å². The number of anilines is 2. The topological polar surface area (TPSA) is 90.3 Å². The zero-order valence-electron chi connectivity index (χ0n) is 14.2. The van der Waals surface area contributed by atoms with Gasteiger partial charge in [0.2, 0.25) is 0 Å². The molecule has 4 rings (SSSR count). The number of aromatic amines is 1. The van der Waals surface area contributed by atoms with Gasteiger partial charge in [0.05, 0.1) is 0 Å². The Hall–Kier alpha value is -3.03. The van der Waals surface area contributed by atoms with Crippen LogP contribution in [0.1, 0.15) is 11.6 Å². The molecule has 0 aliphatic carbocycles. The summed E-state index contributed by atoms with van der Waals surface area (Å²) >= 11 is 0. The zero-order valence-corrected chi connectivity index (χ0v) is 14.2. The van der Waals surface area contributed by atoms with Gasteiger partial charge in [0.15, 0.2) is 17.3 Å². The lowest BCUT2D eigenvalue weighted by molar-refractivity contribution is 0.208. The number of carbonyl (C=O) groups excluding carboxylic acids is 1. The molecular formula is C17H20N6O2. The van der Waals surface area contributed by atoms with E-state index in [9.17, 15) is 4.79 Å². The molecule has 0 bridgehead atoms. The molecule has 8 nitrogen and oxygen atoms in total. The monoisotopic (exact) mass is 340 g/mol. The molecule has 130 valence electrons. The summed E-state index contributed by atoms with van der Waals surface area (Å²) in [6.07, 6.45) is 0. The summed E-state index contributed by atoms with van der Waals surface area (Å²) in [6, 6.07) is 7.39. The van der Waals surface area contributed by atoms with E-state index >= 15 is 0 Å². The average Bonchev–Trinajstić information content (AvgIpc) is 3.19. The zero-order chi connectivity index (χ0) is 17.4. The summed E-state index contributed by atoms with van der Waals surface area (Å²) in [5.74, 6) is 1.55. The van der Waals surface area contributed by atoms with E-state index in [-0.39, 0.29) is 6.03 Å². The fraction of sp³-hybridized carbons (Fsp3) is 0.353. The number of benzene rings is 1.